The van der Waals surface area contributed by atoms with Crippen molar-refractivity contribution < 1.29 is 42.5 Å². The SMILES string of the molecule is CC1CN(CC2CCN(C(=O)C3CCC(NCC4(c5ccccc5)Oc5cc(F)c(Cl)c(-c6c(C(N)=O)ccc(OCCO)c6F)c5C4C)CC3)CC2)CCC1c1ccc2c(N3CCC(=O)NC3=O)nn(C)c2c1. The van der Waals surface area contributed by atoms with E-state index in [0.717, 1.165) is 94.1 Å². The summed E-state index contributed by atoms with van der Waals surface area (Å²) in [5.74, 6) is -1.54. The van der Waals surface area contributed by atoms with Crippen molar-refractivity contribution in [3.63, 3.8) is 0 Å². The number of amides is 5. The minimum Gasteiger partial charge on any atom is -0.488 e. The molecule has 15 nitrogen and oxygen atoms in total. The Labute approximate surface area is 434 Å². The first-order valence-corrected chi connectivity index (χ1v) is 26.5. The van der Waals surface area contributed by atoms with E-state index in [1.54, 1.807) is 4.90 Å². The first kappa shape index (κ1) is 51.4. The Kier molecular flexibility index (Phi) is 14.7. The van der Waals surface area contributed by atoms with Gasteiger partial charge in [0.25, 0.3) is 0 Å². The molecule has 3 saturated heterocycles. The van der Waals surface area contributed by atoms with Crippen molar-refractivity contribution in [3.8, 4) is 22.6 Å². The minimum atomic E-state index is -1.10. The molecule has 4 aliphatic heterocycles. The molecule has 0 bridgehead atoms. The van der Waals surface area contributed by atoms with Gasteiger partial charge < -0.3 is 35.4 Å². The molecular formula is C56H65ClF2N8O7. The van der Waals surface area contributed by atoms with Gasteiger partial charge in [0, 0.05) is 98.8 Å². The van der Waals surface area contributed by atoms with E-state index in [-0.39, 0.29) is 71.6 Å². The highest BCUT2D eigenvalue weighted by Crippen LogP contribution is 2.56. The number of aryl methyl sites for hydroxylation is 1. The van der Waals surface area contributed by atoms with Gasteiger partial charge in [0.05, 0.1) is 22.7 Å². The van der Waals surface area contributed by atoms with Crippen LogP contribution in [0.1, 0.15) is 104 Å². The molecule has 74 heavy (non-hydrogen) atoms. The molecule has 1 saturated carbocycles. The van der Waals surface area contributed by atoms with Gasteiger partial charge in [-0.3, -0.25) is 29.3 Å². The van der Waals surface area contributed by atoms with Crippen LogP contribution in [0.15, 0.2) is 66.7 Å². The van der Waals surface area contributed by atoms with Gasteiger partial charge in [0.2, 0.25) is 17.7 Å². The van der Waals surface area contributed by atoms with Crippen LogP contribution in [0, 0.1) is 29.4 Å². The van der Waals surface area contributed by atoms with Gasteiger partial charge in [-0.05, 0) is 105 Å². The van der Waals surface area contributed by atoms with Gasteiger partial charge in [-0.2, -0.15) is 5.10 Å². The summed E-state index contributed by atoms with van der Waals surface area (Å²) in [6.45, 7) is 8.84. The maximum Gasteiger partial charge on any atom is 0.329 e. The lowest BCUT2D eigenvalue weighted by Gasteiger charge is -2.41. The van der Waals surface area contributed by atoms with Crippen LogP contribution in [0.4, 0.5) is 19.4 Å². The lowest BCUT2D eigenvalue weighted by Crippen LogP contribution is -2.49. The number of imide groups is 1. The molecule has 4 fully saturated rings. The second-order valence-corrected chi connectivity index (χ2v) is 21.5. The molecule has 1 aromatic heterocycles. The lowest BCUT2D eigenvalue weighted by molar-refractivity contribution is -0.138. The molecule has 0 spiro atoms. The largest absolute Gasteiger partial charge is 0.488 e. The molecule has 10 rings (SSSR count). The molecule has 392 valence electrons. The number of benzene rings is 4. The average Bonchev–Trinajstić information content (AvgIpc) is 3.87. The van der Waals surface area contributed by atoms with E-state index in [4.69, 9.17) is 26.8 Å². The van der Waals surface area contributed by atoms with Crippen molar-refractivity contribution in [2.24, 2.45) is 30.5 Å². The van der Waals surface area contributed by atoms with Crippen LogP contribution in [-0.2, 0) is 22.2 Å². The van der Waals surface area contributed by atoms with Crippen LogP contribution in [0.3, 0.4) is 0 Å². The number of anilines is 1. The number of fused-ring (bicyclic) bond motifs is 2. The van der Waals surface area contributed by atoms with Crippen LogP contribution in [0.25, 0.3) is 22.0 Å². The Bertz CT molecular complexity index is 2960. The van der Waals surface area contributed by atoms with Crippen molar-refractivity contribution in [2.75, 3.05) is 63.9 Å². The van der Waals surface area contributed by atoms with E-state index >= 15 is 8.78 Å². The van der Waals surface area contributed by atoms with Gasteiger partial charge in [0.15, 0.2) is 23.0 Å². The van der Waals surface area contributed by atoms with Crippen molar-refractivity contribution >= 4 is 52.1 Å². The molecule has 5 heterocycles. The second-order valence-electron chi connectivity index (χ2n) is 21.1. The van der Waals surface area contributed by atoms with Crippen LogP contribution in [0.5, 0.6) is 11.5 Å². The van der Waals surface area contributed by atoms with E-state index in [1.165, 1.54) is 23.8 Å². The number of halogens is 3. The Morgan fingerprint density at radius 2 is 1.72 bits per heavy atom. The maximum absolute atomic E-state index is 16.5. The standard InChI is InChI=1S/C56H65ClF2N8O7/c1-32-29-65(21-19-39(32)36-11-14-40-43(27-36)64(3)63-53(40)67-24-20-46(69)62-55(67)72)30-34-17-22-66(23-18-34)54(71)35-9-12-38(13-10-35)61-31-56(37-7-5-4-6-8-37)33(2)47-45(74-56)28-42(58)50(57)49(47)48-41(52(60)70)15-16-44(51(48)59)73-26-25-68/h4-8,11,14-16,27-28,32-35,38-39,61,68H,9-10,12-13,17-26,29-31H2,1-3H3,(H2,60,70)(H,62,69,72). The molecule has 1 aliphatic carbocycles. The Morgan fingerprint density at radius 3 is 2.42 bits per heavy atom. The summed E-state index contributed by atoms with van der Waals surface area (Å²) in [6, 6.07) is 19.4. The number of piperidine rings is 2. The molecule has 4 unspecified atom stereocenters. The number of hydrogen-bond acceptors (Lipinski definition) is 10. The van der Waals surface area contributed by atoms with Crippen LogP contribution < -0.4 is 30.7 Å². The number of nitrogens with two attached hydrogens (primary N) is 1. The molecule has 4 atom stereocenters. The number of ether oxygens (including phenoxy) is 2. The Hall–Kier alpha value is -6.14. The van der Waals surface area contributed by atoms with E-state index in [9.17, 15) is 24.3 Å². The van der Waals surface area contributed by atoms with Gasteiger partial charge in [0.1, 0.15) is 18.2 Å². The number of hydrogen-bond donors (Lipinski definition) is 4. The zero-order valence-electron chi connectivity index (χ0n) is 42.2. The monoisotopic (exact) mass is 1030 g/mol. The number of likely N-dealkylation sites (tertiary alicyclic amines) is 2. The minimum absolute atomic E-state index is 0.0494. The molecule has 5 N–H and O–H groups in total. The molecule has 5 aromatic rings. The van der Waals surface area contributed by atoms with Crippen molar-refractivity contribution in [1.82, 2.24) is 30.2 Å². The highest BCUT2D eigenvalue weighted by Gasteiger charge is 2.50. The highest BCUT2D eigenvalue weighted by molar-refractivity contribution is 6.34. The second kappa shape index (κ2) is 21.2. The van der Waals surface area contributed by atoms with Gasteiger partial charge in [-0.15, -0.1) is 0 Å². The number of primary amides is 1. The summed E-state index contributed by atoms with van der Waals surface area (Å²) in [5.41, 5.74) is 7.57. The molecule has 18 heteroatoms. The third kappa shape index (κ3) is 9.72. The Morgan fingerprint density at radius 1 is 0.959 bits per heavy atom. The molecule has 0 radical (unpaired) electrons. The predicted molar refractivity (Wildman–Crippen MR) is 277 cm³/mol. The van der Waals surface area contributed by atoms with Crippen molar-refractivity contribution in [1.29, 1.82) is 0 Å². The number of urea groups is 1. The van der Waals surface area contributed by atoms with E-state index < -0.39 is 40.1 Å². The molecule has 5 aliphatic rings. The smallest absolute Gasteiger partial charge is 0.329 e. The number of carbonyl (C=O) groups excluding carboxylic acids is 4. The number of nitrogens with zero attached hydrogens (tertiary/aromatic N) is 5. The summed E-state index contributed by atoms with van der Waals surface area (Å²) in [7, 11) is 1.89. The van der Waals surface area contributed by atoms with Gasteiger partial charge in [-0.25, -0.2) is 13.6 Å². The van der Waals surface area contributed by atoms with E-state index in [2.05, 4.69) is 50.7 Å². The first-order chi connectivity index (χ1) is 35.6. The summed E-state index contributed by atoms with van der Waals surface area (Å²) < 4.78 is 46.5. The Balaban J connectivity index is 0.737. The van der Waals surface area contributed by atoms with E-state index in [0.29, 0.717) is 42.2 Å². The highest BCUT2D eigenvalue weighted by atomic mass is 35.5. The molecular weight excluding hydrogens is 970 g/mol. The van der Waals surface area contributed by atoms with Gasteiger partial charge >= 0.3 is 6.03 Å². The number of aliphatic hydroxyl groups excluding tert-OH is 1. The number of rotatable bonds is 14. The number of nitrogens with one attached hydrogen (secondary N) is 2. The van der Waals surface area contributed by atoms with Crippen LogP contribution >= 0.6 is 11.6 Å². The third-order valence-corrected chi connectivity index (χ3v) is 17.0. The number of carbonyl (C=O) groups is 4. The van der Waals surface area contributed by atoms with E-state index in [1.807, 2.05) is 49.0 Å². The molecule has 5 amide bonds. The van der Waals surface area contributed by atoms with Crippen molar-refractivity contribution in [2.45, 2.75) is 88.7 Å². The topological polar surface area (TPSA) is 185 Å². The third-order valence-electron chi connectivity index (χ3n) is 16.6. The van der Waals surface area contributed by atoms with Crippen LogP contribution in [0.2, 0.25) is 5.02 Å². The average molecular weight is 1040 g/mol. The van der Waals surface area contributed by atoms with Gasteiger partial charge in [-0.1, -0.05) is 61.8 Å². The summed E-state index contributed by atoms with van der Waals surface area (Å²) in [5, 5.41) is 20.7. The number of aliphatic hydroxyl groups is 1. The van der Waals surface area contributed by atoms with Crippen molar-refractivity contribution in [3.05, 3.63) is 106 Å². The fraction of sp³-hybridized carbons (Fsp3) is 0.482. The fourth-order valence-electron chi connectivity index (χ4n) is 12.6. The predicted octanol–water partition coefficient (Wildman–Crippen LogP) is 7.99. The fourth-order valence-corrected chi connectivity index (χ4v) is 12.9. The zero-order chi connectivity index (χ0) is 52.0. The first-order valence-electron chi connectivity index (χ1n) is 26.1. The quantitative estimate of drug-likeness (QED) is 0.0851. The summed E-state index contributed by atoms with van der Waals surface area (Å²) in [4.78, 5) is 57.4. The normalized spacial score (nSPS) is 24.7. The van der Waals surface area contributed by atoms with Crippen LogP contribution in [-0.4, -0.2) is 114 Å². The summed E-state index contributed by atoms with van der Waals surface area (Å²) in [6.07, 6.45) is 6.32. The zero-order valence-corrected chi connectivity index (χ0v) is 42.9. The maximum atomic E-state index is 16.5. The summed E-state index contributed by atoms with van der Waals surface area (Å²) >= 11 is 6.73. The lowest BCUT2D eigenvalue weighted by atomic mass is 9.77. The molecule has 4 aromatic carbocycles. The number of aromatic nitrogens is 2.